The van der Waals surface area contributed by atoms with Crippen molar-refractivity contribution in [2.45, 2.75) is 0 Å². The molecule has 0 unspecified atom stereocenters. The number of ketones is 1. The van der Waals surface area contributed by atoms with Crippen LogP contribution in [0.25, 0.3) is 11.8 Å². The highest BCUT2D eigenvalue weighted by molar-refractivity contribution is 6.37. The van der Waals surface area contributed by atoms with Crippen LogP contribution in [0.2, 0.25) is 10.0 Å². The quantitative estimate of drug-likeness (QED) is 0.489. The van der Waals surface area contributed by atoms with Crippen LogP contribution in [0.5, 0.6) is 0 Å². The second kappa shape index (κ2) is 6.82. The van der Waals surface area contributed by atoms with E-state index < -0.39 is 0 Å². The Bertz CT molecular complexity index is 833. The first-order valence-electron chi connectivity index (χ1n) is 6.90. The molecule has 0 aliphatic carbocycles. The van der Waals surface area contributed by atoms with E-state index in [4.69, 9.17) is 23.2 Å². The summed E-state index contributed by atoms with van der Waals surface area (Å²) in [5, 5.41) is 1.02. The standard InChI is InChI=1S/C18H12Cl2N2O/c19-16-2-1-3-17(20)15(16)8-9-18(23)13-4-6-14(7-5-13)22-11-10-21-12-22/h1-12H/b9-8+. The lowest BCUT2D eigenvalue weighted by Gasteiger charge is -2.03. The molecule has 0 saturated carbocycles. The Labute approximate surface area is 143 Å². The molecule has 114 valence electrons. The highest BCUT2D eigenvalue weighted by Crippen LogP contribution is 2.25. The maximum absolute atomic E-state index is 12.2. The van der Waals surface area contributed by atoms with Gasteiger partial charge in [0.05, 0.1) is 6.33 Å². The molecule has 0 fully saturated rings. The summed E-state index contributed by atoms with van der Waals surface area (Å²) < 4.78 is 1.87. The molecule has 0 amide bonds. The van der Waals surface area contributed by atoms with Gasteiger partial charge in [-0.05, 0) is 48.6 Å². The predicted octanol–water partition coefficient (Wildman–Crippen LogP) is 5.08. The minimum Gasteiger partial charge on any atom is -0.306 e. The van der Waals surface area contributed by atoms with Crippen LogP contribution in [0.3, 0.4) is 0 Å². The van der Waals surface area contributed by atoms with E-state index in [1.165, 1.54) is 6.08 Å². The minimum absolute atomic E-state index is 0.113. The van der Waals surface area contributed by atoms with Gasteiger partial charge in [-0.15, -0.1) is 0 Å². The van der Waals surface area contributed by atoms with Crippen LogP contribution in [0.4, 0.5) is 0 Å². The van der Waals surface area contributed by atoms with E-state index in [1.54, 1.807) is 48.9 Å². The number of imidazole rings is 1. The van der Waals surface area contributed by atoms with Crippen molar-refractivity contribution in [3.05, 3.63) is 88.4 Å². The van der Waals surface area contributed by atoms with Crippen molar-refractivity contribution in [3.8, 4) is 5.69 Å². The largest absolute Gasteiger partial charge is 0.306 e. The van der Waals surface area contributed by atoms with Gasteiger partial charge in [0.15, 0.2) is 5.78 Å². The van der Waals surface area contributed by atoms with Crippen LogP contribution >= 0.6 is 23.2 Å². The van der Waals surface area contributed by atoms with Gasteiger partial charge in [0, 0.05) is 39.3 Å². The van der Waals surface area contributed by atoms with Crippen molar-refractivity contribution in [2.24, 2.45) is 0 Å². The zero-order valence-electron chi connectivity index (χ0n) is 12.0. The monoisotopic (exact) mass is 342 g/mol. The molecule has 0 radical (unpaired) electrons. The molecule has 23 heavy (non-hydrogen) atoms. The third-order valence-electron chi connectivity index (χ3n) is 3.36. The molecule has 0 aliphatic heterocycles. The first-order valence-corrected chi connectivity index (χ1v) is 7.65. The first-order chi connectivity index (χ1) is 11.1. The summed E-state index contributed by atoms with van der Waals surface area (Å²) in [6, 6.07) is 12.5. The lowest BCUT2D eigenvalue weighted by atomic mass is 10.1. The van der Waals surface area contributed by atoms with Gasteiger partial charge >= 0.3 is 0 Å². The Hall–Kier alpha value is -2.36. The van der Waals surface area contributed by atoms with Gasteiger partial charge in [-0.1, -0.05) is 29.3 Å². The maximum atomic E-state index is 12.2. The van der Waals surface area contributed by atoms with Gasteiger partial charge in [0.1, 0.15) is 0 Å². The molecule has 1 heterocycles. The highest BCUT2D eigenvalue weighted by Gasteiger charge is 2.05. The second-order valence-corrected chi connectivity index (χ2v) is 5.66. The molecule has 0 atom stereocenters. The molecule has 5 heteroatoms. The second-order valence-electron chi connectivity index (χ2n) is 4.85. The zero-order chi connectivity index (χ0) is 16.2. The summed E-state index contributed by atoms with van der Waals surface area (Å²) >= 11 is 12.2. The number of rotatable bonds is 4. The number of carbonyl (C=O) groups is 1. The minimum atomic E-state index is -0.113. The van der Waals surface area contributed by atoms with E-state index >= 15 is 0 Å². The van der Waals surface area contributed by atoms with Gasteiger partial charge in [-0.25, -0.2) is 4.98 Å². The van der Waals surface area contributed by atoms with Gasteiger partial charge in [0.25, 0.3) is 0 Å². The van der Waals surface area contributed by atoms with Crippen molar-refractivity contribution in [2.75, 3.05) is 0 Å². The molecule has 2 aromatic carbocycles. The number of aromatic nitrogens is 2. The predicted molar refractivity (Wildman–Crippen MR) is 93.4 cm³/mol. The van der Waals surface area contributed by atoms with Gasteiger partial charge in [0.2, 0.25) is 0 Å². The van der Waals surface area contributed by atoms with Crippen LogP contribution in [-0.4, -0.2) is 15.3 Å². The number of allylic oxidation sites excluding steroid dienone is 1. The van der Waals surface area contributed by atoms with Crippen LogP contribution in [0, 0.1) is 0 Å². The summed E-state index contributed by atoms with van der Waals surface area (Å²) in [6.45, 7) is 0. The summed E-state index contributed by atoms with van der Waals surface area (Å²) in [4.78, 5) is 16.2. The normalized spacial score (nSPS) is 11.0. The number of hydrogen-bond donors (Lipinski definition) is 0. The van der Waals surface area contributed by atoms with Crippen molar-refractivity contribution in [1.29, 1.82) is 0 Å². The van der Waals surface area contributed by atoms with E-state index in [1.807, 2.05) is 22.9 Å². The van der Waals surface area contributed by atoms with Crippen molar-refractivity contribution in [3.63, 3.8) is 0 Å². The van der Waals surface area contributed by atoms with Crippen LogP contribution in [0.15, 0.2) is 67.3 Å². The number of halogens is 2. The van der Waals surface area contributed by atoms with E-state index in [9.17, 15) is 4.79 Å². The fourth-order valence-corrected chi connectivity index (χ4v) is 2.66. The number of benzene rings is 2. The lowest BCUT2D eigenvalue weighted by molar-refractivity contribution is 0.104. The molecule has 3 nitrogen and oxygen atoms in total. The van der Waals surface area contributed by atoms with Crippen LogP contribution < -0.4 is 0 Å². The number of carbonyl (C=O) groups excluding carboxylic acids is 1. The Morgan fingerprint density at radius 3 is 2.35 bits per heavy atom. The summed E-state index contributed by atoms with van der Waals surface area (Å²) in [5.41, 5.74) is 2.17. The molecular weight excluding hydrogens is 331 g/mol. The van der Waals surface area contributed by atoms with E-state index in [0.29, 0.717) is 21.2 Å². The number of hydrogen-bond acceptors (Lipinski definition) is 2. The van der Waals surface area contributed by atoms with Crippen molar-refractivity contribution < 1.29 is 4.79 Å². The molecule has 0 aliphatic rings. The molecule has 3 rings (SSSR count). The molecular formula is C18H12Cl2N2O. The Balaban J connectivity index is 1.80. The molecule has 0 spiro atoms. The van der Waals surface area contributed by atoms with Crippen LogP contribution in [-0.2, 0) is 0 Å². The van der Waals surface area contributed by atoms with Gasteiger partial charge < -0.3 is 4.57 Å². The van der Waals surface area contributed by atoms with Crippen LogP contribution in [0.1, 0.15) is 15.9 Å². The maximum Gasteiger partial charge on any atom is 0.185 e. The Morgan fingerprint density at radius 2 is 1.74 bits per heavy atom. The molecule has 0 N–H and O–H groups in total. The third-order valence-corrected chi connectivity index (χ3v) is 4.01. The molecule has 1 aromatic heterocycles. The fourth-order valence-electron chi connectivity index (χ4n) is 2.13. The van der Waals surface area contributed by atoms with Gasteiger partial charge in [-0.3, -0.25) is 4.79 Å². The molecule has 3 aromatic rings. The smallest absolute Gasteiger partial charge is 0.185 e. The fraction of sp³-hybridized carbons (Fsp3) is 0. The SMILES string of the molecule is O=C(/C=C/c1c(Cl)cccc1Cl)c1ccc(-n2ccnc2)cc1. The first kappa shape index (κ1) is 15.5. The van der Waals surface area contributed by atoms with Crippen molar-refractivity contribution in [1.82, 2.24) is 9.55 Å². The van der Waals surface area contributed by atoms with Gasteiger partial charge in [-0.2, -0.15) is 0 Å². The van der Waals surface area contributed by atoms with E-state index in [-0.39, 0.29) is 5.78 Å². The average molecular weight is 343 g/mol. The summed E-state index contributed by atoms with van der Waals surface area (Å²) in [7, 11) is 0. The summed E-state index contributed by atoms with van der Waals surface area (Å²) in [6.07, 6.45) is 8.36. The Morgan fingerprint density at radius 1 is 1.04 bits per heavy atom. The van der Waals surface area contributed by atoms with Crippen molar-refractivity contribution >= 4 is 35.1 Å². The Kier molecular flexibility index (Phi) is 4.60. The van der Waals surface area contributed by atoms with E-state index in [2.05, 4.69) is 4.98 Å². The summed E-state index contributed by atoms with van der Waals surface area (Å²) in [5.74, 6) is -0.113. The highest BCUT2D eigenvalue weighted by atomic mass is 35.5. The molecule has 0 saturated heterocycles. The topological polar surface area (TPSA) is 34.9 Å². The zero-order valence-corrected chi connectivity index (χ0v) is 13.5. The lowest BCUT2D eigenvalue weighted by Crippen LogP contribution is -1.96. The average Bonchev–Trinajstić information content (AvgIpc) is 3.09. The van der Waals surface area contributed by atoms with E-state index in [0.717, 1.165) is 5.69 Å². The third kappa shape index (κ3) is 3.52. The number of nitrogens with zero attached hydrogens (tertiary/aromatic N) is 2. The molecule has 0 bridgehead atoms.